The molecule has 0 aromatic heterocycles. The molecule has 31 heavy (non-hydrogen) atoms. The molecule has 3 heteroatoms. The Morgan fingerprint density at radius 1 is 1.10 bits per heavy atom. The molecule has 4 aliphatic rings. The molecule has 0 saturated heterocycles. The topological polar surface area (TPSA) is 60.7 Å². The fourth-order valence-corrected chi connectivity index (χ4v) is 8.61. The minimum atomic E-state index is -0.427. The van der Waals surface area contributed by atoms with Crippen LogP contribution in [0.25, 0.3) is 0 Å². The zero-order valence-electron chi connectivity index (χ0n) is 20.3. The Hall–Kier alpha value is -0.640. The lowest BCUT2D eigenvalue weighted by Crippen LogP contribution is -2.57. The molecular weight excluding hydrogens is 384 g/mol. The van der Waals surface area contributed by atoms with E-state index in [1.165, 1.54) is 31.3 Å². The second kappa shape index (κ2) is 8.61. The zero-order valence-corrected chi connectivity index (χ0v) is 20.3. The fourth-order valence-electron chi connectivity index (χ4n) is 8.61. The first-order valence-electron chi connectivity index (χ1n) is 13.0. The van der Waals surface area contributed by atoms with E-state index in [9.17, 15) is 15.3 Å². The molecule has 4 aliphatic carbocycles. The summed E-state index contributed by atoms with van der Waals surface area (Å²) in [5.74, 6) is 3.12. The predicted molar refractivity (Wildman–Crippen MR) is 126 cm³/mol. The van der Waals surface area contributed by atoms with Crippen LogP contribution in [0.4, 0.5) is 0 Å². The molecule has 3 nitrogen and oxygen atoms in total. The molecule has 0 heterocycles. The Morgan fingerprint density at radius 2 is 1.84 bits per heavy atom. The van der Waals surface area contributed by atoms with E-state index in [0.29, 0.717) is 36.0 Å². The van der Waals surface area contributed by atoms with Crippen LogP contribution in [-0.4, -0.2) is 34.1 Å². The normalized spacial score (nSPS) is 45.5. The van der Waals surface area contributed by atoms with E-state index in [1.807, 2.05) is 0 Å². The van der Waals surface area contributed by atoms with Crippen LogP contribution in [0.5, 0.6) is 0 Å². The maximum atomic E-state index is 11.3. The van der Waals surface area contributed by atoms with E-state index in [4.69, 9.17) is 0 Å². The summed E-state index contributed by atoms with van der Waals surface area (Å²) in [6.45, 7) is 13.9. The number of aliphatic hydroxyl groups excluding tert-OH is 3. The summed E-state index contributed by atoms with van der Waals surface area (Å²) >= 11 is 0. The van der Waals surface area contributed by atoms with Crippen molar-refractivity contribution in [2.75, 3.05) is 6.61 Å². The van der Waals surface area contributed by atoms with Crippen LogP contribution in [0, 0.1) is 46.3 Å². The molecule has 0 bridgehead atoms. The van der Waals surface area contributed by atoms with Gasteiger partial charge in [0.05, 0.1) is 18.8 Å². The van der Waals surface area contributed by atoms with Crippen molar-refractivity contribution in [1.29, 1.82) is 0 Å². The van der Waals surface area contributed by atoms with Crippen molar-refractivity contribution in [3.05, 3.63) is 23.8 Å². The predicted octanol–water partition coefficient (Wildman–Crippen LogP) is 5.50. The molecule has 4 rings (SSSR count). The lowest BCUT2D eigenvalue weighted by Gasteiger charge is -2.60. The highest BCUT2D eigenvalue weighted by molar-refractivity contribution is 5.29. The quantitative estimate of drug-likeness (QED) is 0.488. The summed E-state index contributed by atoms with van der Waals surface area (Å²) in [4.78, 5) is 0. The van der Waals surface area contributed by atoms with Crippen LogP contribution in [0.15, 0.2) is 23.8 Å². The van der Waals surface area contributed by atoms with Gasteiger partial charge in [-0.2, -0.15) is 0 Å². The largest absolute Gasteiger partial charge is 0.395 e. The number of hydrogen-bond donors (Lipinski definition) is 3. The van der Waals surface area contributed by atoms with Gasteiger partial charge >= 0.3 is 0 Å². The monoisotopic (exact) mass is 430 g/mol. The lowest BCUT2D eigenvalue weighted by atomic mass is 9.46. The molecule has 0 aromatic carbocycles. The van der Waals surface area contributed by atoms with Crippen molar-refractivity contribution >= 4 is 0 Å². The van der Waals surface area contributed by atoms with Gasteiger partial charge in [-0.25, -0.2) is 0 Å². The van der Waals surface area contributed by atoms with E-state index in [0.717, 1.165) is 31.3 Å². The molecular formula is C28H46O3. The van der Waals surface area contributed by atoms with Gasteiger partial charge in [0.2, 0.25) is 0 Å². The summed E-state index contributed by atoms with van der Waals surface area (Å²) in [5, 5.41) is 32.1. The molecule has 9 atom stereocenters. The molecule has 0 aromatic rings. The lowest BCUT2D eigenvalue weighted by molar-refractivity contribution is -0.114. The molecule has 0 amide bonds. The Kier molecular flexibility index (Phi) is 6.53. The Balaban J connectivity index is 1.56. The van der Waals surface area contributed by atoms with Crippen molar-refractivity contribution < 1.29 is 15.3 Å². The highest BCUT2D eigenvalue weighted by Crippen LogP contribution is 2.67. The summed E-state index contributed by atoms with van der Waals surface area (Å²) in [6, 6.07) is 0. The third-order valence-corrected chi connectivity index (χ3v) is 10.6. The van der Waals surface area contributed by atoms with E-state index in [1.54, 1.807) is 0 Å². The summed E-state index contributed by atoms with van der Waals surface area (Å²) in [6.07, 6.45) is 10.7. The van der Waals surface area contributed by atoms with Crippen molar-refractivity contribution in [2.45, 2.75) is 97.7 Å². The average Bonchev–Trinajstić information content (AvgIpc) is 3.08. The van der Waals surface area contributed by atoms with Crippen molar-refractivity contribution in [3.63, 3.8) is 0 Å². The molecule has 0 unspecified atom stereocenters. The maximum absolute atomic E-state index is 11.3. The van der Waals surface area contributed by atoms with E-state index in [-0.39, 0.29) is 29.5 Å². The van der Waals surface area contributed by atoms with Crippen LogP contribution < -0.4 is 0 Å². The first-order chi connectivity index (χ1) is 14.6. The summed E-state index contributed by atoms with van der Waals surface area (Å²) < 4.78 is 0. The van der Waals surface area contributed by atoms with Gasteiger partial charge in [-0.15, -0.1) is 0 Å². The van der Waals surface area contributed by atoms with Gasteiger partial charge in [-0.05, 0) is 98.7 Å². The van der Waals surface area contributed by atoms with Gasteiger partial charge in [0, 0.05) is 5.41 Å². The second-order valence-corrected chi connectivity index (χ2v) is 12.2. The number of allylic oxidation sites excluding steroid dienone is 1. The second-order valence-electron chi connectivity index (χ2n) is 12.2. The van der Waals surface area contributed by atoms with Gasteiger partial charge in [-0.3, -0.25) is 0 Å². The van der Waals surface area contributed by atoms with Gasteiger partial charge in [0.1, 0.15) is 0 Å². The van der Waals surface area contributed by atoms with Crippen molar-refractivity contribution in [3.8, 4) is 0 Å². The van der Waals surface area contributed by atoms with Crippen LogP contribution in [0.2, 0.25) is 0 Å². The molecule has 0 aliphatic heterocycles. The average molecular weight is 431 g/mol. The highest BCUT2D eigenvalue weighted by atomic mass is 16.3. The standard InChI is InChI=1S/C28H46O3/c1-17(2)18(3)6-7-19(4)22-8-9-23-26-24(11-12-27(22,23)5)28(16-29)13-10-21(30)14-20(28)15-25(26)31/h15,17,19,21-26,29-31H,3,6-14,16H2,1-2,4-5H3/t19-,21+,22-,23+,24+,25+,26+,27-,28-/m1/s1. The van der Waals surface area contributed by atoms with Crippen LogP contribution >= 0.6 is 0 Å². The van der Waals surface area contributed by atoms with Gasteiger partial charge in [0.25, 0.3) is 0 Å². The van der Waals surface area contributed by atoms with Gasteiger partial charge in [0.15, 0.2) is 0 Å². The van der Waals surface area contributed by atoms with Crippen LogP contribution in [0.1, 0.15) is 85.5 Å². The molecule has 0 spiro atoms. The Bertz CT molecular complexity index is 711. The first kappa shape index (κ1) is 23.5. The van der Waals surface area contributed by atoms with Crippen LogP contribution in [-0.2, 0) is 0 Å². The molecule has 3 N–H and O–H groups in total. The highest BCUT2D eigenvalue weighted by Gasteiger charge is 2.62. The fraction of sp³-hybridized carbons (Fsp3) is 0.857. The summed E-state index contributed by atoms with van der Waals surface area (Å²) in [7, 11) is 0. The third kappa shape index (κ3) is 3.77. The molecule has 3 saturated carbocycles. The Labute approximate surface area is 190 Å². The number of fused-ring (bicyclic) bond motifs is 5. The van der Waals surface area contributed by atoms with E-state index >= 15 is 0 Å². The number of aliphatic hydroxyl groups is 3. The smallest absolute Gasteiger partial charge is 0.0757 e. The number of rotatable bonds is 6. The van der Waals surface area contributed by atoms with Gasteiger partial charge < -0.3 is 15.3 Å². The van der Waals surface area contributed by atoms with Crippen molar-refractivity contribution in [1.82, 2.24) is 0 Å². The van der Waals surface area contributed by atoms with Crippen LogP contribution in [0.3, 0.4) is 0 Å². The summed E-state index contributed by atoms with van der Waals surface area (Å²) in [5.41, 5.74) is 2.60. The SMILES string of the molecule is C=C(CC[C@@H](C)[C@H]1CC[C@H]2[C@@H]3[C@@H](O)C=C4C[C@@H](O)CC[C@]4(CO)[C@H]3CC[C@]12C)C(C)C. The van der Waals surface area contributed by atoms with Crippen molar-refractivity contribution in [2.24, 2.45) is 46.3 Å². The van der Waals surface area contributed by atoms with E-state index in [2.05, 4.69) is 40.3 Å². The number of hydrogen-bond acceptors (Lipinski definition) is 3. The molecule has 3 fully saturated rings. The van der Waals surface area contributed by atoms with Gasteiger partial charge in [-0.1, -0.05) is 51.5 Å². The third-order valence-electron chi connectivity index (χ3n) is 10.6. The van der Waals surface area contributed by atoms with E-state index < -0.39 is 6.10 Å². The Morgan fingerprint density at radius 3 is 2.52 bits per heavy atom. The maximum Gasteiger partial charge on any atom is 0.0757 e. The minimum Gasteiger partial charge on any atom is -0.395 e. The molecule has 0 radical (unpaired) electrons. The zero-order chi connectivity index (χ0) is 22.6. The molecule has 176 valence electrons. The first-order valence-corrected chi connectivity index (χ1v) is 13.0. The minimum absolute atomic E-state index is 0.167.